The van der Waals surface area contributed by atoms with Crippen molar-refractivity contribution in [2.45, 2.75) is 38.8 Å². The number of likely N-dealkylation sites (N-methyl/N-ethyl adjacent to an activating group) is 1. The van der Waals surface area contributed by atoms with Gasteiger partial charge in [-0.05, 0) is 27.8 Å². The number of nitrogens with one attached hydrogen (secondary N) is 2. The van der Waals surface area contributed by atoms with Gasteiger partial charge in [-0.1, -0.05) is 0 Å². The van der Waals surface area contributed by atoms with E-state index < -0.39 is 17.7 Å². The van der Waals surface area contributed by atoms with Gasteiger partial charge >= 0.3 is 12.1 Å². The van der Waals surface area contributed by atoms with E-state index in [-0.39, 0.29) is 5.97 Å². The number of methoxy groups -OCH3 is 1. The zero-order chi connectivity index (χ0) is 17.5. The largest absolute Gasteiger partial charge is 0.468 e. The predicted octanol–water partition coefficient (Wildman–Crippen LogP) is 0.950. The van der Waals surface area contributed by atoms with Crippen molar-refractivity contribution >= 4 is 12.1 Å². The summed E-state index contributed by atoms with van der Waals surface area (Å²) in [7, 11) is 3.16. The fourth-order valence-electron chi connectivity index (χ4n) is 1.96. The lowest BCUT2D eigenvalue weighted by Crippen LogP contribution is -2.45. The van der Waals surface area contributed by atoms with Crippen LogP contribution in [0.15, 0.2) is 12.5 Å². The van der Waals surface area contributed by atoms with Gasteiger partial charge in [0.15, 0.2) is 0 Å². The van der Waals surface area contributed by atoms with Crippen LogP contribution >= 0.6 is 0 Å². The Hall–Kier alpha value is -2.09. The van der Waals surface area contributed by atoms with E-state index in [9.17, 15) is 9.59 Å². The minimum absolute atomic E-state index is 0.334. The molecule has 0 saturated heterocycles. The number of hydrogen-bond acceptors (Lipinski definition) is 6. The summed E-state index contributed by atoms with van der Waals surface area (Å²) in [6.45, 7) is 6.25. The van der Waals surface area contributed by atoms with Gasteiger partial charge in [0.05, 0.1) is 13.4 Å². The second-order valence-electron chi connectivity index (χ2n) is 6.23. The highest BCUT2D eigenvalue weighted by Crippen LogP contribution is 2.08. The molecule has 0 saturated carbocycles. The molecule has 0 bridgehead atoms. The number of carbonyl (C=O) groups is 2. The molecule has 1 heterocycles. The zero-order valence-corrected chi connectivity index (χ0v) is 14.4. The van der Waals surface area contributed by atoms with Crippen LogP contribution in [0, 0.1) is 0 Å². The number of aromatic amines is 1. The van der Waals surface area contributed by atoms with Crippen LogP contribution in [0.25, 0.3) is 0 Å². The van der Waals surface area contributed by atoms with Gasteiger partial charge in [-0.15, -0.1) is 0 Å². The summed E-state index contributed by atoms with van der Waals surface area (Å²) in [5.41, 5.74) is 0.304. The van der Waals surface area contributed by atoms with Crippen LogP contribution in [0.2, 0.25) is 0 Å². The number of rotatable bonds is 7. The van der Waals surface area contributed by atoms with Crippen LogP contribution in [-0.4, -0.2) is 65.8 Å². The first kappa shape index (κ1) is 19.0. The molecule has 1 aromatic heterocycles. The third-order valence-electron chi connectivity index (χ3n) is 3.11. The highest BCUT2D eigenvalue weighted by molar-refractivity contribution is 5.76. The molecule has 0 aromatic carbocycles. The Bertz CT molecular complexity index is 496. The number of carbonyl (C=O) groups excluding carboxylic acids is 2. The zero-order valence-electron chi connectivity index (χ0n) is 14.4. The van der Waals surface area contributed by atoms with Crippen molar-refractivity contribution in [3.8, 4) is 0 Å². The molecule has 8 heteroatoms. The average Bonchev–Trinajstić information content (AvgIpc) is 2.94. The number of imidazole rings is 1. The summed E-state index contributed by atoms with van der Waals surface area (Å²) < 4.78 is 10.0. The predicted molar refractivity (Wildman–Crippen MR) is 85.0 cm³/mol. The lowest BCUT2D eigenvalue weighted by atomic mass is 10.1. The van der Waals surface area contributed by atoms with Crippen molar-refractivity contribution in [3.63, 3.8) is 0 Å². The third kappa shape index (κ3) is 7.14. The van der Waals surface area contributed by atoms with Crippen molar-refractivity contribution in [3.05, 3.63) is 18.2 Å². The lowest BCUT2D eigenvalue weighted by molar-refractivity contribution is -0.146. The summed E-state index contributed by atoms with van der Waals surface area (Å²) in [5, 5.41) is 2.67. The highest BCUT2D eigenvalue weighted by atomic mass is 16.6. The Morgan fingerprint density at radius 3 is 2.65 bits per heavy atom. The maximum Gasteiger partial charge on any atom is 0.407 e. The molecule has 23 heavy (non-hydrogen) atoms. The molecule has 1 atom stereocenters. The molecule has 1 aromatic rings. The van der Waals surface area contributed by atoms with E-state index in [1.54, 1.807) is 40.3 Å². The van der Waals surface area contributed by atoms with E-state index in [0.29, 0.717) is 19.5 Å². The summed E-state index contributed by atoms with van der Waals surface area (Å²) in [4.78, 5) is 32.3. The second kappa shape index (κ2) is 8.52. The van der Waals surface area contributed by atoms with Crippen molar-refractivity contribution in [2.24, 2.45) is 0 Å². The molecule has 0 spiro atoms. The van der Waals surface area contributed by atoms with E-state index >= 15 is 0 Å². The van der Waals surface area contributed by atoms with Crippen LogP contribution in [0.5, 0.6) is 0 Å². The molecule has 1 rings (SSSR count). The number of alkyl carbamates (subject to hydrolysis) is 1. The highest BCUT2D eigenvalue weighted by Gasteiger charge is 2.25. The van der Waals surface area contributed by atoms with Gasteiger partial charge in [-0.3, -0.25) is 9.69 Å². The molecule has 0 aliphatic heterocycles. The van der Waals surface area contributed by atoms with E-state index in [1.807, 2.05) is 4.90 Å². The van der Waals surface area contributed by atoms with E-state index in [4.69, 9.17) is 9.47 Å². The maximum absolute atomic E-state index is 12.0. The lowest BCUT2D eigenvalue weighted by Gasteiger charge is -2.26. The normalized spacial score (nSPS) is 12.8. The molecule has 0 radical (unpaired) electrons. The third-order valence-corrected chi connectivity index (χ3v) is 3.11. The summed E-state index contributed by atoms with van der Waals surface area (Å²) in [6.07, 6.45) is 3.21. The summed E-state index contributed by atoms with van der Waals surface area (Å²) in [6, 6.07) is -0.458. The number of hydrogen-bond donors (Lipinski definition) is 2. The fraction of sp³-hybridized carbons (Fsp3) is 0.667. The first-order valence-corrected chi connectivity index (χ1v) is 7.45. The van der Waals surface area contributed by atoms with Gasteiger partial charge in [0.25, 0.3) is 0 Å². The summed E-state index contributed by atoms with van der Waals surface area (Å²) in [5.74, 6) is -0.334. The first-order valence-electron chi connectivity index (χ1n) is 7.45. The Morgan fingerprint density at radius 2 is 2.13 bits per heavy atom. The molecule has 0 fully saturated rings. The van der Waals surface area contributed by atoms with Crippen LogP contribution in [0.4, 0.5) is 4.79 Å². The van der Waals surface area contributed by atoms with Gasteiger partial charge in [0, 0.05) is 31.4 Å². The van der Waals surface area contributed by atoms with E-state index in [1.165, 1.54) is 7.11 Å². The Kier molecular flexibility index (Phi) is 7.02. The van der Waals surface area contributed by atoms with Crippen LogP contribution < -0.4 is 5.32 Å². The fourth-order valence-corrected chi connectivity index (χ4v) is 1.96. The standard InChI is InChI=1S/C15H26N4O4/c1-15(2,3)23-14(21)17-6-7-19(4)12(13(20)22-5)8-11-9-16-10-18-11/h9-10,12H,6-8H2,1-5H3,(H,16,18)(H,17,21). The molecule has 1 amide bonds. The van der Waals surface area contributed by atoms with Gasteiger partial charge in [-0.2, -0.15) is 0 Å². The van der Waals surface area contributed by atoms with E-state index in [0.717, 1.165) is 5.69 Å². The van der Waals surface area contributed by atoms with Gasteiger partial charge in [0.1, 0.15) is 11.6 Å². The molecule has 2 N–H and O–H groups in total. The van der Waals surface area contributed by atoms with Crippen LogP contribution in [0.1, 0.15) is 26.5 Å². The van der Waals surface area contributed by atoms with Gasteiger partial charge in [0.2, 0.25) is 0 Å². The number of aromatic nitrogens is 2. The minimum Gasteiger partial charge on any atom is -0.468 e. The quantitative estimate of drug-likeness (QED) is 0.724. The number of amides is 1. The molecule has 130 valence electrons. The SMILES string of the molecule is COC(=O)C(Cc1cnc[nH]1)N(C)CCNC(=O)OC(C)(C)C. The molecule has 8 nitrogen and oxygen atoms in total. The molecule has 0 aliphatic rings. The van der Waals surface area contributed by atoms with Crippen molar-refractivity contribution < 1.29 is 19.1 Å². The van der Waals surface area contributed by atoms with Crippen molar-refractivity contribution in [1.29, 1.82) is 0 Å². The van der Waals surface area contributed by atoms with E-state index in [2.05, 4.69) is 15.3 Å². The number of ether oxygens (including phenoxy) is 2. The molecular formula is C15H26N4O4. The summed E-state index contributed by atoms with van der Waals surface area (Å²) >= 11 is 0. The topological polar surface area (TPSA) is 96.5 Å². The average molecular weight is 326 g/mol. The van der Waals surface area contributed by atoms with Crippen LogP contribution in [0.3, 0.4) is 0 Å². The second-order valence-corrected chi connectivity index (χ2v) is 6.23. The Balaban J connectivity index is 2.49. The molecule has 1 unspecified atom stereocenters. The molecular weight excluding hydrogens is 300 g/mol. The minimum atomic E-state index is -0.537. The van der Waals surface area contributed by atoms with Gasteiger partial charge < -0.3 is 19.8 Å². The first-order chi connectivity index (χ1) is 10.7. The monoisotopic (exact) mass is 326 g/mol. The van der Waals surface area contributed by atoms with Crippen molar-refractivity contribution in [2.75, 3.05) is 27.2 Å². The Morgan fingerprint density at radius 1 is 1.43 bits per heavy atom. The smallest absolute Gasteiger partial charge is 0.407 e. The number of H-pyrrole nitrogens is 1. The van der Waals surface area contributed by atoms with Gasteiger partial charge in [-0.25, -0.2) is 9.78 Å². The van der Waals surface area contributed by atoms with Crippen LogP contribution in [-0.2, 0) is 20.7 Å². The number of nitrogens with zero attached hydrogens (tertiary/aromatic N) is 2. The number of esters is 1. The maximum atomic E-state index is 12.0. The Labute approximate surface area is 136 Å². The van der Waals surface area contributed by atoms with Crippen molar-refractivity contribution in [1.82, 2.24) is 20.2 Å². The molecule has 0 aliphatic carbocycles.